The molecular formula is C32H41N7O5S. The summed E-state index contributed by atoms with van der Waals surface area (Å²) in [5.41, 5.74) is 11.6. The van der Waals surface area contributed by atoms with Gasteiger partial charge in [-0.2, -0.15) is 4.31 Å². The minimum absolute atomic E-state index is 0.0536. The molecule has 3 atom stereocenters. The molecule has 0 bridgehead atoms. The van der Waals surface area contributed by atoms with Crippen molar-refractivity contribution < 1.29 is 23.4 Å². The van der Waals surface area contributed by atoms with Crippen LogP contribution in [0.25, 0.3) is 11.0 Å². The van der Waals surface area contributed by atoms with Crippen LogP contribution in [0.2, 0.25) is 0 Å². The number of nitrogens with one attached hydrogen (secondary N) is 1. The zero-order valence-electron chi connectivity index (χ0n) is 26.2. The van der Waals surface area contributed by atoms with Crippen LogP contribution in [0.3, 0.4) is 0 Å². The fraction of sp³-hybridized carbons (Fsp3) is 0.406. The van der Waals surface area contributed by atoms with E-state index in [9.17, 15) is 18.7 Å². The van der Waals surface area contributed by atoms with Gasteiger partial charge in [0.2, 0.25) is 17.7 Å². The molecule has 0 saturated heterocycles. The molecule has 2 amide bonds. The normalized spacial score (nSPS) is 18.3. The molecule has 2 unspecified atom stereocenters. The maximum absolute atomic E-state index is 13.3. The predicted octanol–water partition coefficient (Wildman–Crippen LogP) is 4.67. The lowest BCUT2D eigenvalue weighted by Crippen LogP contribution is -2.42. The number of carbonyl (C=O) groups excluding carboxylic acids is 2. The van der Waals surface area contributed by atoms with Crippen molar-refractivity contribution in [2.75, 3.05) is 6.54 Å². The number of nitrogens with two attached hydrogens (primary N) is 1. The number of benzene rings is 2. The number of hydrogen-bond donors (Lipinski definition) is 4. The van der Waals surface area contributed by atoms with Crippen molar-refractivity contribution in [3.63, 3.8) is 0 Å². The van der Waals surface area contributed by atoms with Gasteiger partial charge in [0, 0.05) is 31.6 Å². The second kappa shape index (κ2) is 13.1. The lowest BCUT2D eigenvalue weighted by molar-refractivity contribution is -0.127. The number of nitrogens with zero attached hydrogens (tertiary/aromatic N) is 5. The highest BCUT2D eigenvalue weighted by Gasteiger charge is 2.36. The third-order valence-corrected chi connectivity index (χ3v) is 10.4. The van der Waals surface area contributed by atoms with Crippen LogP contribution in [-0.4, -0.2) is 63.9 Å². The molecule has 4 aromatic rings. The second-order valence-electron chi connectivity index (χ2n) is 11.5. The number of hydrogen-bond acceptors (Lipinski definition) is 9. The highest BCUT2D eigenvalue weighted by atomic mass is 32.3. The molecule has 0 spiro atoms. The van der Waals surface area contributed by atoms with E-state index in [1.807, 2.05) is 62.7 Å². The van der Waals surface area contributed by atoms with Crippen molar-refractivity contribution in [3.05, 3.63) is 76.5 Å². The molecule has 45 heavy (non-hydrogen) atoms. The molecule has 13 heteroatoms. The van der Waals surface area contributed by atoms with Gasteiger partial charge in [-0.25, -0.2) is 9.67 Å². The minimum Gasteiger partial charge on any atom is -0.472 e. The average Bonchev–Trinajstić information content (AvgIpc) is 3.40. The van der Waals surface area contributed by atoms with Gasteiger partial charge in [0.05, 0.1) is 12.1 Å². The number of amides is 2. The van der Waals surface area contributed by atoms with Gasteiger partial charge in [-0.3, -0.25) is 18.7 Å². The topological polar surface area (TPSA) is 169 Å². The summed E-state index contributed by atoms with van der Waals surface area (Å²) in [6, 6.07) is 12.4. The van der Waals surface area contributed by atoms with Crippen molar-refractivity contribution in [3.8, 4) is 5.88 Å². The lowest BCUT2D eigenvalue weighted by atomic mass is 9.84. The van der Waals surface area contributed by atoms with E-state index < -0.39 is 28.6 Å². The van der Waals surface area contributed by atoms with E-state index in [4.69, 9.17) is 10.5 Å². The van der Waals surface area contributed by atoms with Gasteiger partial charge in [-0.1, -0.05) is 36.4 Å². The Bertz CT molecular complexity index is 1730. The zero-order chi connectivity index (χ0) is 32.5. The molecule has 0 saturated carbocycles. The molecule has 0 aliphatic carbocycles. The van der Waals surface area contributed by atoms with Gasteiger partial charge < -0.3 is 15.8 Å². The number of aromatic nitrogens is 4. The van der Waals surface area contributed by atoms with E-state index in [1.54, 1.807) is 29.6 Å². The number of primary amides is 1. The fourth-order valence-electron chi connectivity index (χ4n) is 5.73. The van der Waals surface area contributed by atoms with Crippen LogP contribution >= 0.6 is 10.8 Å². The zero-order valence-corrected chi connectivity index (χ0v) is 27.0. The van der Waals surface area contributed by atoms with Crippen molar-refractivity contribution in [1.29, 1.82) is 0 Å². The molecule has 5 rings (SSSR count). The SMILES string of the molecule is CCC1CN(Cc2cc([C@H](CC(=O)NC(C)C(N)=O)c3ccc4c(nnn4CC)c3C)ccc2C)S(O)(O)c2cccnc2O1. The number of fused-ring (bicyclic) bond motifs is 2. The van der Waals surface area contributed by atoms with Gasteiger partial charge in [-0.15, -0.1) is 15.9 Å². The van der Waals surface area contributed by atoms with E-state index in [1.165, 1.54) is 0 Å². The van der Waals surface area contributed by atoms with Crippen LogP contribution in [0.15, 0.2) is 53.6 Å². The first-order valence-electron chi connectivity index (χ1n) is 15.1. The number of pyridine rings is 1. The molecule has 12 nitrogen and oxygen atoms in total. The van der Waals surface area contributed by atoms with Gasteiger partial charge in [0.15, 0.2) is 0 Å². The molecule has 240 valence electrons. The summed E-state index contributed by atoms with van der Waals surface area (Å²) in [5, 5.41) is 11.4. The third-order valence-electron chi connectivity index (χ3n) is 8.51. The summed E-state index contributed by atoms with van der Waals surface area (Å²) in [4.78, 5) is 29.5. The highest BCUT2D eigenvalue weighted by molar-refractivity contribution is 8.22. The third kappa shape index (κ3) is 6.52. The summed E-state index contributed by atoms with van der Waals surface area (Å²) in [5.74, 6) is -1.10. The Hall–Kier alpha value is -4.04. The average molecular weight is 636 g/mol. The number of ether oxygens (including phenoxy) is 1. The highest BCUT2D eigenvalue weighted by Crippen LogP contribution is 2.57. The van der Waals surface area contributed by atoms with Gasteiger partial charge in [-0.05, 0) is 80.1 Å². The first-order valence-corrected chi connectivity index (χ1v) is 16.6. The quantitative estimate of drug-likeness (QED) is 0.193. The summed E-state index contributed by atoms with van der Waals surface area (Å²) < 4.78 is 32.6. The molecule has 1 aliphatic heterocycles. The van der Waals surface area contributed by atoms with Crippen molar-refractivity contribution >= 4 is 33.6 Å². The van der Waals surface area contributed by atoms with Crippen LogP contribution in [-0.2, 0) is 22.7 Å². The summed E-state index contributed by atoms with van der Waals surface area (Å²) in [7, 11) is -3.41. The molecule has 5 N–H and O–H groups in total. The summed E-state index contributed by atoms with van der Waals surface area (Å²) in [6.45, 7) is 10.7. The lowest BCUT2D eigenvalue weighted by Gasteiger charge is -2.41. The Morgan fingerprint density at radius 1 is 1.18 bits per heavy atom. The Balaban J connectivity index is 1.55. The largest absolute Gasteiger partial charge is 0.472 e. The van der Waals surface area contributed by atoms with E-state index in [0.717, 1.165) is 38.9 Å². The number of rotatable bonds is 10. The second-order valence-corrected chi connectivity index (χ2v) is 13.5. The first-order chi connectivity index (χ1) is 21.4. The molecule has 0 radical (unpaired) electrons. The van der Waals surface area contributed by atoms with Gasteiger partial charge in [0.25, 0.3) is 0 Å². The van der Waals surface area contributed by atoms with Crippen LogP contribution < -0.4 is 15.8 Å². The Morgan fingerprint density at radius 3 is 2.67 bits per heavy atom. The predicted molar refractivity (Wildman–Crippen MR) is 173 cm³/mol. The van der Waals surface area contributed by atoms with Crippen LogP contribution in [0.1, 0.15) is 67.3 Å². The minimum atomic E-state index is -3.41. The van der Waals surface area contributed by atoms with E-state index in [0.29, 0.717) is 19.5 Å². The summed E-state index contributed by atoms with van der Waals surface area (Å²) in [6.07, 6.45) is 2.00. The van der Waals surface area contributed by atoms with Crippen molar-refractivity contribution in [2.45, 2.75) is 83.5 Å². The maximum Gasteiger partial charge on any atom is 0.239 e. The van der Waals surface area contributed by atoms with E-state index >= 15 is 0 Å². The van der Waals surface area contributed by atoms with E-state index in [2.05, 4.69) is 20.6 Å². The monoisotopic (exact) mass is 635 g/mol. The van der Waals surface area contributed by atoms with Crippen LogP contribution in [0, 0.1) is 13.8 Å². The maximum atomic E-state index is 13.3. The molecule has 3 heterocycles. The molecule has 1 aliphatic rings. The van der Waals surface area contributed by atoms with E-state index in [-0.39, 0.29) is 35.8 Å². The Labute approximate surface area is 264 Å². The van der Waals surface area contributed by atoms with Crippen LogP contribution in [0.5, 0.6) is 5.88 Å². The molecular weight excluding hydrogens is 594 g/mol. The number of aryl methyl sites for hydroxylation is 3. The van der Waals surface area contributed by atoms with Gasteiger partial charge in [0.1, 0.15) is 22.6 Å². The molecule has 2 aromatic heterocycles. The number of carbonyl (C=O) groups is 2. The smallest absolute Gasteiger partial charge is 0.239 e. The molecule has 2 aromatic carbocycles. The first kappa shape index (κ1) is 32.4. The summed E-state index contributed by atoms with van der Waals surface area (Å²) >= 11 is 0. The van der Waals surface area contributed by atoms with Crippen LogP contribution in [0.4, 0.5) is 0 Å². The molecule has 0 fully saturated rings. The van der Waals surface area contributed by atoms with Gasteiger partial charge >= 0.3 is 0 Å². The Morgan fingerprint density at radius 2 is 1.96 bits per heavy atom. The Kier molecular flexibility index (Phi) is 9.44. The van der Waals surface area contributed by atoms with Crippen molar-refractivity contribution in [2.24, 2.45) is 5.73 Å². The fourth-order valence-corrected chi connectivity index (χ4v) is 7.30. The standard InChI is InChI=1S/C32H41N7O5S/c1-6-24-18-38(45(42,43)28-9-8-14-34-32(28)44-24)17-23-15-22(11-10-19(23)3)26(16-29(40)35-21(5)31(33)41)25-12-13-27-30(20(25)4)36-37-39(27)7-2/h8-15,21,24,26,42-43H,6-7,16-18H2,1-5H3,(H2,33,41)(H,35,40)/t21?,24?,26-/m0/s1. The van der Waals surface area contributed by atoms with Crippen molar-refractivity contribution in [1.82, 2.24) is 29.6 Å².